The molecule has 1 aromatic rings. The Bertz CT molecular complexity index is 550. The predicted octanol–water partition coefficient (Wildman–Crippen LogP) is 2.36. The van der Waals surface area contributed by atoms with Gasteiger partial charge in [-0.3, -0.25) is 10.1 Å². The number of nitrogens with zero attached hydrogens (tertiary/aromatic N) is 3. The molecule has 0 spiro atoms. The Balaban J connectivity index is 2.42. The van der Waals surface area contributed by atoms with Gasteiger partial charge in [-0.1, -0.05) is 0 Å². The number of anilines is 1. The van der Waals surface area contributed by atoms with Crippen molar-refractivity contribution in [1.82, 2.24) is 4.98 Å². The molecule has 116 valence electrons. The van der Waals surface area contributed by atoms with Crippen LogP contribution in [-0.2, 0) is 6.18 Å². The van der Waals surface area contributed by atoms with Crippen LogP contribution in [0.3, 0.4) is 0 Å². The lowest BCUT2D eigenvalue weighted by atomic mass is 10.0. The molecular formula is C12H14F3N3O3. The molecule has 0 bridgehead atoms. The molecular weight excluding hydrogens is 291 g/mol. The van der Waals surface area contributed by atoms with Crippen LogP contribution in [0.15, 0.2) is 12.3 Å². The Hall–Kier alpha value is -1.90. The number of aliphatic hydroxyl groups excluding tert-OH is 1. The van der Waals surface area contributed by atoms with Crippen molar-refractivity contribution in [1.29, 1.82) is 0 Å². The second-order valence-electron chi connectivity index (χ2n) is 5.04. The summed E-state index contributed by atoms with van der Waals surface area (Å²) in [6.07, 6.45) is -3.81. The van der Waals surface area contributed by atoms with Gasteiger partial charge in [-0.2, -0.15) is 13.2 Å². The second-order valence-corrected chi connectivity index (χ2v) is 5.04. The highest BCUT2D eigenvalue weighted by atomic mass is 19.4. The first-order valence-corrected chi connectivity index (χ1v) is 6.36. The fourth-order valence-electron chi connectivity index (χ4n) is 2.42. The third-order valence-electron chi connectivity index (χ3n) is 3.49. The molecule has 6 nitrogen and oxygen atoms in total. The van der Waals surface area contributed by atoms with E-state index >= 15 is 0 Å². The summed E-state index contributed by atoms with van der Waals surface area (Å²) in [5.74, 6) is -0.0904. The van der Waals surface area contributed by atoms with Gasteiger partial charge >= 0.3 is 11.9 Å². The van der Waals surface area contributed by atoms with Crippen LogP contribution in [0.1, 0.15) is 25.3 Å². The number of pyridine rings is 1. The molecule has 1 aliphatic heterocycles. The lowest BCUT2D eigenvalue weighted by Crippen LogP contribution is -2.43. The SMILES string of the molecule is C[C@@H]1C[C@@H](O)CCN1c1ncc(C(F)(F)F)cc1[N+](=O)[O-]. The third kappa shape index (κ3) is 3.23. The number of hydrogen-bond acceptors (Lipinski definition) is 5. The Morgan fingerprint density at radius 2 is 2.19 bits per heavy atom. The van der Waals surface area contributed by atoms with Crippen LogP contribution in [0, 0.1) is 10.1 Å². The first-order valence-electron chi connectivity index (χ1n) is 6.36. The van der Waals surface area contributed by atoms with E-state index in [4.69, 9.17) is 0 Å². The van der Waals surface area contributed by atoms with Crippen LogP contribution in [0.4, 0.5) is 24.7 Å². The van der Waals surface area contributed by atoms with Gasteiger partial charge in [-0.05, 0) is 19.8 Å². The van der Waals surface area contributed by atoms with Gasteiger partial charge in [-0.25, -0.2) is 4.98 Å². The van der Waals surface area contributed by atoms with E-state index in [1.807, 2.05) is 0 Å². The zero-order valence-corrected chi connectivity index (χ0v) is 11.2. The van der Waals surface area contributed by atoms with Crippen molar-refractivity contribution in [3.63, 3.8) is 0 Å². The lowest BCUT2D eigenvalue weighted by Gasteiger charge is -2.36. The van der Waals surface area contributed by atoms with Crippen LogP contribution >= 0.6 is 0 Å². The van der Waals surface area contributed by atoms with Gasteiger partial charge in [0.2, 0.25) is 5.82 Å². The van der Waals surface area contributed by atoms with E-state index in [1.165, 1.54) is 0 Å². The van der Waals surface area contributed by atoms with Crippen LogP contribution in [0.5, 0.6) is 0 Å². The maximum Gasteiger partial charge on any atom is 0.418 e. The van der Waals surface area contributed by atoms with Crippen LogP contribution in [0.2, 0.25) is 0 Å². The fourth-order valence-corrected chi connectivity index (χ4v) is 2.42. The Morgan fingerprint density at radius 1 is 1.52 bits per heavy atom. The monoisotopic (exact) mass is 305 g/mol. The zero-order valence-electron chi connectivity index (χ0n) is 11.2. The first-order chi connectivity index (χ1) is 9.70. The summed E-state index contributed by atoms with van der Waals surface area (Å²) in [5.41, 5.74) is -1.82. The van der Waals surface area contributed by atoms with Gasteiger partial charge in [0.15, 0.2) is 0 Å². The number of rotatable bonds is 2. The van der Waals surface area contributed by atoms with Crippen molar-refractivity contribution < 1.29 is 23.2 Å². The summed E-state index contributed by atoms with van der Waals surface area (Å²) in [6, 6.07) is 0.261. The highest BCUT2D eigenvalue weighted by molar-refractivity contribution is 5.59. The molecule has 0 radical (unpaired) electrons. The summed E-state index contributed by atoms with van der Waals surface area (Å²) in [5, 5.41) is 20.6. The molecule has 1 N–H and O–H groups in total. The average Bonchev–Trinajstić information content (AvgIpc) is 2.37. The quantitative estimate of drug-likeness (QED) is 0.670. The molecule has 0 aliphatic carbocycles. The zero-order chi connectivity index (χ0) is 15.8. The van der Waals surface area contributed by atoms with Gasteiger partial charge in [0.1, 0.15) is 0 Å². The van der Waals surface area contributed by atoms with Gasteiger partial charge < -0.3 is 10.0 Å². The van der Waals surface area contributed by atoms with E-state index < -0.39 is 28.5 Å². The maximum atomic E-state index is 12.6. The van der Waals surface area contributed by atoms with Crippen molar-refractivity contribution in [2.45, 2.75) is 38.1 Å². The standard InChI is InChI=1S/C12H14F3N3O3/c1-7-4-9(19)2-3-17(7)11-10(18(20)21)5-8(6-16-11)12(13,14)15/h5-7,9,19H,2-4H2,1H3/t7-,9+/m1/s1. The fraction of sp³-hybridized carbons (Fsp3) is 0.583. The van der Waals surface area contributed by atoms with Crippen LogP contribution in [-0.4, -0.2) is 33.7 Å². The molecule has 1 fully saturated rings. The Labute approximate surface area is 118 Å². The van der Waals surface area contributed by atoms with Gasteiger partial charge in [0, 0.05) is 24.8 Å². The molecule has 2 rings (SSSR count). The highest BCUT2D eigenvalue weighted by Gasteiger charge is 2.36. The minimum absolute atomic E-state index is 0.0904. The first kappa shape index (κ1) is 15.5. The number of hydrogen-bond donors (Lipinski definition) is 1. The number of nitro groups is 1. The van der Waals surface area contributed by atoms with Gasteiger partial charge in [0.05, 0.1) is 16.6 Å². The smallest absolute Gasteiger partial charge is 0.393 e. The molecule has 0 saturated carbocycles. The maximum absolute atomic E-state index is 12.6. The number of halogens is 3. The van der Waals surface area contributed by atoms with E-state index in [0.717, 1.165) is 0 Å². The summed E-state index contributed by atoms with van der Waals surface area (Å²) >= 11 is 0. The molecule has 2 atom stereocenters. The number of aromatic nitrogens is 1. The van der Waals surface area contributed by atoms with Crippen molar-refractivity contribution in [2.75, 3.05) is 11.4 Å². The molecule has 1 aliphatic rings. The molecule has 0 aromatic carbocycles. The van der Waals surface area contributed by atoms with E-state index in [0.29, 0.717) is 31.6 Å². The van der Waals surface area contributed by atoms with E-state index in [-0.39, 0.29) is 11.9 Å². The number of piperidine rings is 1. The summed E-state index contributed by atoms with van der Waals surface area (Å²) in [6.45, 7) is 2.05. The third-order valence-corrected chi connectivity index (χ3v) is 3.49. The van der Waals surface area contributed by atoms with Crippen LogP contribution in [0.25, 0.3) is 0 Å². The van der Waals surface area contributed by atoms with E-state index in [2.05, 4.69) is 4.98 Å². The number of aliphatic hydroxyl groups is 1. The predicted molar refractivity (Wildman–Crippen MR) is 67.9 cm³/mol. The lowest BCUT2D eigenvalue weighted by molar-refractivity contribution is -0.384. The van der Waals surface area contributed by atoms with Crippen LogP contribution < -0.4 is 4.90 Å². The van der Waals surface area contributed by atoms with Gasteiger partial charge in [0.25, 0.3) is 0 Å². The molecule has 1 aromatic heterocycles. The van der Waals surface area contributed by atoms with Crippen molar-refractivity contribution >= 4 is 11.5 Å². The Kier molecular flexibility index (Phi) is 4.04. The largest absolute Gasteiger partial charge is 0.418 e. The summed E-state index contributed by atoms with van der Waals surface area (Å²) < 4.78 is 37.9. The second kappa shape index (κ2) is 5.47. The topological polar surface area (TPSA) is 79.5 Å². The molecule has 0 unspecified atom stereocenters. The van der Waals surface area contributed by atoms with E-state index in [9.17, 15) is 28.4 Å². The summed E-state index contributed by atoms with van der Waals surface area (Å²) in [7, 11) is 0. The highest BCUT2D eigenvalue weighted by Crippen LogP contribution is 2.36. The minimum atomic E-state index is -4.68. The molecule has 2 heterocycles. The van der Waals surface area contributed by atoms with Gasteiger partial charge in [-0.15, -0.1) is 0 Å². The van der Waals surface area contributed by atoms with E-state index in [1.54, 1.807) is 11.8 Å². The molecule has 0 amide bonds. The average molecular weight is 305 g/mol. The number of alkyl halides is 3. The Morgan fingerprint density at radius 3 is 2.71 bits per heavy atom. The van der Waals surface area contributed by atoms with Crippen molar-refractivity contribution in [3.05, 3.63) is 27.9 Å². The molecule has 1 saturated heterocycles. The van der Waals surface area contributed by atoms with Crippen molar-refractivity contribution in [3.8, 4) is 0 Å². The van der Waals surface area contributed by atoms with Crippen molar-refractivity contribution in [2.24, 2.45) is 0 Å². The normalized spacial score (nSPS) is 23.2. The molecule has 9 heteroatoms. The minimum Gasteiger partial charge on any atom is -0.393 e. The summed E-state index contributed by atoms with van der Waals surface area (Å²) in [4.78, 5) is 15.4. The molecule has 21 heavy (non-hydrogen) atoms.